The van der Waals surface area contributed by atoms with Crippen LogP contribution in [0.2, 0.25) is 0 Å². The zero-order valence-electron chi connectivity index (χ0n) is 13.7. The highest BCUT2D eigenvalue weighted by Crippen LogP contribution is 2.22. The molecule has 0 aromatic heterocycles. The first-order valence-electron chi connectivity index (χ1n) is 7.32. The van der Waals surface area contributed by atoms with Crippen molar-refractivity contribution in [3.63, 3.8) is 0 Å². The number of nitrogens with one attached hydrogen (secondary N) is 1. The van der Waals surface area contributed by atoms with Crippen LogP contribution in [0.1, 0.15) is 29.5 Å². The average molecular weight is 327 g/mol. The van der Waals surface area contributed by atoms with E-state index in [4.69, 9.17) is 4.74 Å². The first-order valence-corrected chi connectivity index (χ1v) is 9.14. The molecule has 1 N–H and O–H groups in total. The van der Waals surface area contributed by atoms with Crippen molar-refractivity contribution in [2.45, 2.75) is 33.6 Å². The topological polar surface area (TPSA) is 72.5 Å². The van der Waals surface area contributed by atoms with Gasteiger partial charge >= 0.3 is 0 Å². The molecule has 0 aliphatic heterocycles. The second-order valence-corrected chi connectivity index (χ2v) is 7.87. The fourth-order valence-electron chi connectivity index (χ4n) is 2.34. The van der Waals surface area contributed by atoms with E-state index >= 15 is 0 Å². The molecular weight excluding hydrogens is 302 g/mol. The maximum Gasteiger partial charge on any atom is 0.224 e. The van der Waals surface area contributed by atoms with Gasteiger partial charge in [-0.05, 0) is 38.3 Å². The van der Waals surface area contributed by atoms with E-state index < -0.39 is 9.84 Å². The Balaban J connectivity index is 2.51. The Morgan fingerprint density at radius 3 is 2.27 bits per heavy atom. The molecular formula is C16H25NO4S. The number of amides is 1. The number of aryl methyl sites for hydroxylation is 3. The number of hydrogen-bond donors (Lipinski definition) is 1. The zero-order chi connectivity index (χ0) is 16.8. The minimum Gasteiger partial charge on any atom is -0.384 e. The van der Waals surface area contributed by atoms with E-state index in [1.54, 1.807) is 0 Å². The van der Waals surface area contributed by atoms with Gasteiger partial charge in [0.05, 0.1) is 18.1 Å². The molecule has 0 atom stereocenters. The number of hydrogen-bond acceptors (Lipinski definition) is 4. The quantitative estimate of drug-likeness (QED) is 0.796. The Hall–Kier alpha value is -1.40. The van der Waals surface area contributed by atoms with E-state index in [1.165, 1.54) is 7.11 Å². The molecule has 1 amide bonds. The monoisotopic (exact) mass is 327 g/mol. The van der Waals surface area contributed by atoms with Crippen LogP contribution in [0.25, 0.3) is 0 Å². The molecule has 0 aliphatic rings. The van der Waals surface area contributed by atoms with E-state index in [0.717, 1.165) is 22.4 Å². The highest BCUT2D eigenvalue weighted by molar-refractivity contribution is 7.91. The van der Waals surface area contributed by atoms with Crippen molar-refractivity contribution >= 4 is 21.4 Å². The molecule has 0 fully saturated rings. The Morgan fingerprint density at radius 2 is 1.73 bits per heavy atom. The third kappa shape index (κ3) is 6.15. The van der Waals surface area contributed by atoms with Crippen molar-refractivity contribution in [1.82, 2.24) is 0 Å². The van der Waals surface area contributed by atoms with Crippen LogP contribution in [0.3, 0.4) is 0 Å². The van der Waals surface area contributed by atoms with Crippen LogP contribution < -0.4 is 5.32 Å². The van der Waals surface area contributed by atoms with Gasteiger partial charge in [0.2, 0.25) is 5.91 Å². The number of anilines is 1. The van der Waals surface area contributed by atoms with Crippen LogP contribution >= 0.6 is 0 Å². The Morgan fingerprint density at radius 1 is 1.14 bits per heavy atom. The molecule has 22 heavy (non-hydrogen) atoms. The molecule has 0 saturated carbocycles. The van der Waals surface area contributed by atoms with Crippen molar-refractivity contribution in [3.8, 4) is 0 Å². The molecule has 5 nitrogen and oxygen atoms in total. The number of sulfone groups is 1. The summed E-state index contributed by atoms with van der Waals surface area (Å²) in [6.07, 6.45) is 0.515. The molecule has 1 rings (SSSR count). The molecule has 0 spiro atoms. The van der Waals surface area contributed by atoms with Gasteiger partial charge in [-0.1, -0.05) is 17.7 Å². The van der Waals surface area contributed by atoms with Crippen LogP contribution in [0.4, 0.5) is 5.69 Å². The summed E-state index contributed by atoms with van der Waals surface area (Å²) in [5, 5.41) is 2.88. The van der Waals surface area contributed by atoms with Gasteiger partial charge in [-0.3, -0.25) is 4.79 Å². The van der Waals surface area contributed by atoms with Gasteiger partial charge in [-0.15, -0.1) is 0 Å². The highest BCUT2D eigenvalue weighted by atomic mass is 32.2. The van der Waals surface area contributed by atoms with Crippen LogP contribution in [0.5, 0.6) is 0 Å². The lowest BCUT2D eigenvalue weighted by molar-refractivity contribution is -0.116. The fraction of sp³-hybridized carbons (Fsp3) is 0.562. The predicted molar refractivity (Wildman–Crippen MR) is 89.0 cm³/mol. The summed E-state index contributed by atoms with van der Waals surface area (Å²) in [7, 11) is -1.67. The van der Waals surface area contributed by atoms with Gasteiger partial charge in [0.1, 0.15) is 0 Å². The minimum atomic E-state index is -3.14. The van der Waals surface area contributed by atoms with E-state index in [1.807, 2.05) is 32.9 Å². The van der Waals surface area contributed by atoms with Crippen LogP contribution in [-0.2, 0) is 19.4 Å². The molecule has 0 saturated heterocycles. The molecule has 0 radical (unpaired) electrons. The number of carbonyl (C=O) groups is 1. The molecule has 124 valence electrons. The standard InChI is InChI=1S/C16H25NO4S/c1-12-10-13(2)16(14(3)11-12)17-15(18)6-5-8-22(19,20)9-7-21-4/h10-11H,5-9H2,1-4H3,(H,17,18). The molecule has 0 aliphatic carbocycles. The summed E-state index contributed by atoms with van der Waals surface area (Å²) >= 11 is 0. The SMILES string of the molecule is COCCS(=O)(=O)CCCC(=O)Nc1c(C)cc(C)cc1C. The van der Waals surface area contributed by atoms with Crippen molar-refractivity contribution in [1.29, 1.82) is 0 Å². The van der Waals surface area contributed by atoms with Gasteiger partial charge in [0, 0.05) is 19.2 Å². The van der Waals surface area contributed by atoms with Crippen molar-refractivity contribution in [2.24, 2.45) is 0 Å². The molecule has 0 bridgehead atoms. The number of ether oxygens (including phenoxy) is 1. The summed E-state index contributed by atoms with van der Waals surface area (Å²) in [5.41, 5.74) is 3.99. The van der Waals surface area contributed by atoms with Gasteiger partial charge < -0.3 is 10.1 Å². The van der Waals surface area contributed by atoms with Gasteiger partial charge in [0.25, 0.3) is 0 Å². The maximum absolute atomic E-state index is 12.0. The second kappa shape index (κ2) is 8.29. The summed E-state index contributed by atoms with van der Waals surface area (Å²) in [5.74, 6) is -0.145. The lowest BCUT2D eigenvalue weighted by Gasteiger charge is -2.12. The third-order valence-corrected chi connectivity index (χ3v) is 5.10. The van der Waals surface area contributed by atoms with Gasteiger partial charge in [-0.25, -0.2) is 8.42 Å². The van der Waals surface area contributed by atoms with Crippen LogP contribution in [0, 0.1) is 20.8 Å². The number of benzene rings is 1. The zero-order valence-corrected chi connectivity index (χ0v) is 14.5. The summed E-state index contributed by atoms with van der Waals surface area (Å²) in [4.78, 5) is 12.0. The largest absolute Gasteiger partial charge is 0.384 e. The van der Waals surface area contributed by atoms with E-state index in [0.29, 0.717) is 6.42 Å². The van der Waals surface area contributed by atoms with E-state index in [-0.39, 0.29) is 30.4 Å². The maximum atomic E-state index is 12.0. The first kappa shape index (κ1) is 18.6. The van der Waals surface area contributed by atoms with Crippen LogP contribution in [-0.4, -0.2) is 39.5 Å². The lowest BCUT2D eigenvalue weighted by atomic mass is 10.0. The van der Waals surface area contributed by atoms with Crippen molar-refractivity contribution < 1.29 is 17.9 Å². The minimum absolute atomic E-state index is 0.00129. The molecule has 0 unspecified atom stereocenters. The van der Waals surface area contributed by atoms with Gasteiger partial charge in [0.15, 0.2) is 9.84 Å². The number of methoxy groups -OCH3 is 1. The molecule has 0 heterocycles. The Bertz CT molecular complexity index is 600. The van der Waals surface area contributed by atoms with Crippen molar-refractivity contribution in [3.05, 3.63) is 28.8 Å². The fourth-order valence-corrected chi connectivity index (χ4v) is 3.55. The van der Waals surface area contributed by atoms with E-state index in [9.17, 15) is 13.2 Å². The number of carbonyl (C=O) groups excluding carboxylic acids is 1. The van der Waals surface area contributed by atoms with E-state index in [2.05, 4.69) is 5.32 Å². The molecule has 1 aromatic rings. The second-order valence-electron chi connectivity index (χ2n) is 5.57. The van der Waals surface area contributed by atoms with Crippen LogP contribution in [0.15, 0.2) is 12.1 Å². The normalized spacial score (nSPS) is 11.5. The first-order chi connectivity index (χ1) is 10.2. The summed E-state index contributed by atoms with van der Waals surface area (Å²) in [6.45, 7) is 6.10. The molecule has 6 heteroatoms. The smallest absolute Gasteiger partial charge is 0.224 e. The van der Waals surface area contributed by atoms with Gasteiger partial charge in [-0.2, -0.15) is 0 Å². The summed E-state index contributed by atoms with van der Waals surface area (Å²) in [6, 6.07) is 4.02. The molecule has 1 aromatic carbocycles. The summed E-state index contributed by atoms with van der Waals surface area (Å²) < 4.78 is 28.1. The lowest BCUT2D eigenvalue weighted by Crippen LogP contribution is -2.18. The predicted octanol–water partition coefficient (Wildman–Crippen LogP) is 2.39. The highest BCUT2D eigenvalue weighted by Gasteiger charge is 2.13. The Kier molecular flexibility index (Phi) is 7.03. The third-order valence-electron chi connectivity index (χ3n) is 3.40. The average Bonchev–Trinajstić information content (AvgIpc) is 2.40. The Labute approximate surface area is 133 Å². The number of rotatable bonds is 8. The van der Waals surface area contributed by atoms with Crippen molar-refractivity contribution in [2.75, 3.05) is 30.5 Å².